The highest BCUT2D eigenvalue weighted by Crippen LogP contribution is 2.38. The molecule has 3 rings (SSSR count). The Morgan fingerprint density at radius 3 is 2.46 bits per heavy atom. The van der Waals surface area contributed by atoms with Crippen LogP contribution in [-0.4, -0.2) is 24.0 Å². The first-order valence-electron chi connectivity index (χ1n) is 7.95. The molecule has 28 heavy (non-hydrogen) atoms. The first-order chi connectivity index (χ1) is 13.3. The molecule has 1 aromatic heterocycles. The lowest BCUT2D eigenvalue weighted by molar-refractivity contribution is 0.394. The molecule has 0 atom stereocenters. The van der Waals surface area contributed by atoms with Gasteiger partial charge in [-0.3, -0.25) is 4.79 Å². The normalized spacial score (nSPS) is 10.8. The Bertz CT molecular complexity index is 1140. The van der Waals surface area contributed by atoms with Crippen LogP contribution in [0.15, 0.2) is 39.7 Å². The van der Waals surface area contributed by atoms with Gasteiger partial charge in [0.1, 0.15) is 22.3 Å². The molecular formula is C19H14BrCl2FN2O3. The van der Waals surface area contributed by atoms with Crippen molar-refractivity contribution in [3.63, 3.8) is 0 Å². The topological polar surface area (TPSA) is 53.4 Å². The zero-order valence-electron chi connectivity index (χ0n) is 15.0. The summed E-state index contributed by atoms with van der Waals surface area (Å²) in [6, 6.07) is 7.18. The summed E-state index contributed by atoms with van der Waals surface area (Å²) < 4.78 is 25.7. The maximum absolute atomic E-state index is 13.6. The Balaban J connectivity index is 2.45. The predicted octanol–water partition coefficient (Wildman–Crippen LogP) is 5.43. The molecule has 2 aromatic carbocycles. The van der Waals surface area contributed by atoms with Gasteiger partial charge in [0.15, 0.2) is 4.60 Å². The van der Waals surface area contributed by atoms with E-state index in [1.54, 1.807) is 19.1 Å². The van der Waals surface area contributed by atoms with E-state index in [0.29, 0.717) is 34.0 Å². The van der Waals surface area contributed by atoms with Gasteiger partial charge in [0.25, 0.3) is 0 Å². The van der Waals surface area contributed by atoms with Crippen LogP contribution in [0.5, 0.6) is 11.5 Å². The van der Waals surface area contributed by atoms with Crippen LogP contribution in [0.3, 0.4) is 0 Å². The molecule has 0 fully saturated rings. The summed E-state index contributed by atoms with van der Waals surface area (Å²) >= 11 is 16.0. The number of methoxy groups -OCH3 is 2. The number of benzene rings is 2. The first kappa shape index (κ1) is 20.6. The van der Waals surface area contributed by atoms with Crippen LogP contribution in [0.25, 0.3) is 16.9 Å². The minimum absolute atomic E-state index is 0.0878. The van der Waals surface area contributed by atoms with Crippen molar-refractivity contribution in [3.8, 4) is 28.4 Å². The zero-order valence-corrected chi connectivity index (χ0v) is 18.1. The highest BCUT2D eigenvalue weighted by Gasteiger charge is 2.22. The van der Waals surface area contributed by atoms with Crippen LogP contribution >= 0.6 is 39.1 Å². The number of hydrogen-bond acceptors (Lipinski definition) is 4. The summed E-state index contributed by atoms with van der Waals surface area (Å²) in [4.78, 5) is 12.5. The summed E-state index contributed by atoms with van der Waals surface area (Å²) in [5, 5.41) is 4.71. The van der Waals surface area contributed by atoms with Crippen LogP contribution in [0.1, 0.15) is 5.56 Å². The fourth-order valence-corrected chi connectivity index (χ4v) is 3.73. The van der Waals surface area contributed by atoms with Crippen LogP contribution in [0.2, 0.25) is 10.0 Å². The van der Waals surface area contributed by atoms with E-state index < -0.39 is 5.82 Å². The minimum atomic E-state index is -0.494. The summed E-state index contributed by atoms with van der Waals surface area (Å²) in [5.74, 6) is 0.342. The molecule has 0 spiro atoms. The Hall–Kier alpha value is -2.09. The summed E-state index contributed by atoms with van der Waals surface area (Å²) in [6.07, 6.45) is 0. The Kier molecular flexibility index (Phi) is 5.98. The summed E-state index contributed by atoms with van der Waals surface area (Å²) in [7, 11) is 2.98. The highest BCUT2D eigenvalue weighted by atomic mass is 79.9. The van der Waals surface area contributed by atoms with Gasteiger partial charge in [-0.15, -0.1) is 0 Å². The molecule has 0 aliphatic heterocycles. The van der Waals surface area contributed by atoms with Gasteiger partial charge >= 0.3 is 0 Å². The van der Waals surface area contributed by atoms with Gasteiger partial charge in [-0.2, -0.15) is 5.10 Å². The molecule has 0 aliphatic carbocycles. The molecule has 9 heteroatoms. The van der Waals surface area contributed by atoms with Gasteiger partial charge in [0.2, 0.25) is 5.43 Å². The molecule has 0 amide bonds. The van der Waals surface area contributed by atoms with Crippen molar-refractivity contribution in [2.24, 2.45) is 0 Å². The lowest BCUT2D eigenvalue weighted by Crippen LogP contribution is -2.19. The SMILES string of the molecule is COc1cc(OC)c(Cl)c(-n2nc(Br)c(=O)c(C)c2-c2ccc(F)cc2Cl)c1. The number of rotatable bonds is 4. The standard InChI is InChI=1S/C19H14BrCl2FN2O3/c1-9-17(12-5-4-10(23)6-13(12)21)25(24-19(20)18(9)26)14-7-11(27-2)8-15(28-3)16(14)22/h4-8H,1-3H3. The molecular weight excluding hydrogens is 474 g/mol. The molecule has 146 valence electrons. The van der Waals surface area contributed by atoms with Crippen molar-refractivity contribution in [1.29, 1.82) is 0 Å². The van der Waals surface area contributed by atoms with Gasteiger partial charge in [-0.25, -0.2) is 9.07 Å². The van der Waals surface area contributed by atoms with Crippen LogP contribution in [-0.2, 0) is 0 Å². The Labute approximate surface area is 178 Å². The van der Waals surface area contributed by atoms with E-state index in [4.69, 9.17) is 32.7 Å². The second-order valence-electron chi connectivity index (χ2n) is 5.79. The second-order valence-corrected chi connectivity index (χ2v) is 7.33. The molecule has 5 nitrogen and oxygen atoms in total. The lowest BCUT2D eigenvalue weighted by atomic mass is 10.1. The first-order valence-corrected chi connectivity index (χ1v) is 9.50. The van der Waals surface area contributed by atoms with E-state index >= 15 is 0 Å². The maximum atomic E-state index is 13.6. The van der Waals surface area contributed by atoms with Crippen molar-refractivity contribution >= 4 is 39.1 Å². The molecule has 0 bridgehead atoms. The fraction of sp³-hybridized carbons (Fsp3) is 0.158. The monoisotopic (exact) mass is 486 g/mol. The fourth-order valence-electron chi connectivity index (χ4n) is 2.76. The van der Waals surface area contributed by atoms with E-state index in [9.17, 15) is 9.18 Å². The highest BCUT2D eigenvalue weighted by molar-refractivity contribution is 9.10. The molecule has 0 radical (unpaired) electrons. The van der Waals surface area contributed by atoms with Gasteiger partial charge < -0.3 is 9.47 Å². The van der Waals surface area contributed by atoms with Crippen LogP contribution < -0.4 is 14.9 Å². The molecule has 0 saturated heterocycles. The molecule has 3 aromatic rings. The van der Waals surface area contributed by atoms with Crippen LogP contribution in [0, 0.1) is 12.7 Å². The third kappa shape index (κ3) is 3.62. The van der Waals surface area contributed by atoms with E-state index in [0.717, 1.165) is 0 Å². The summed E-state index contributed by atoms with van der Waals surface area (Å²) in [5.41, 5.74) is 1.23. The van der Waals surface area contributed by atoms with E-state index in [1.807, 2.05) is 0 Å². The van der Waals surface area contributed by atoms with Gasteiger partial charge in [0.05, 0.1) is 30.6 Å². The molecule has 0 N–H and O–H groups in total. The molecule has 0 saturated carbocycles. The van der Waals surface area contributed by atoms with Gasteiger partial charge in [-0.1, -0.05) is 23.2 Å². The van der Waals surface area contributed by atoms with E-state index in [2.05, 4.69) is 21.0 Å². The van der Waals surface area contributed by atoms with E-state index in [-0.39, 0.29) is 20.1 Å². The molecule has 1 heterocycles. The average Bonchev–Trinajstić information content (AvgIpc) is 2.67. The third-order valence-corrected chi connectivity index (χ3v) is 5.36. The maximum Gasteiger partial charge on any atom is 0.218 e. The number of ether oxygens (including phenoxy) is 2. The Morgan fingerprint density at radius 2 is 1.86 bits per heavy atom. The second kappa shape index (κ2) is 8.11. The number of hydrogen-bond donors (Lipinski definition) is 0. The average molecular weight is 488 g/mol. The van der Waals surface area contributed by atoms with Crippen molar-refractivity contribution in [3.05, 3.63) is 66.6 Å². The Morgan fingerprint density at radius 1 is 1.14 bits per heavy atom. The van der Waals surface area contributed by atoms with Crippen LogP contribution in [0.4, 0.5) is 4.39 Å². The lowest BCUT2D eigenvalue weighted by Gasteiger charge is -2.19. The van der Waals surface area contributed by atoms with Gasteiger partial charge in [-0.05, 0) is 41.1 Å². The number of halogens is 4. The van der Waals surface area contributed by atoms with Gasteiger partial charge in [0, 0.05) is 23.3 Å². The molecule has 0 unspecified atom stereocenters. The minimum Gasteiger partial charge on any atom is -0.497 e. The zero-order chi connectivity index (χ0) is 20.6. The third-order valence-electron chi connectivity index (χ3n) is 4.15. The predicted molar refractivity (Wildman–Crippen MR) is 111 cm³/mol. The van der Waals surface area contributed by atoms with Crippen molar-refractivity contribution in [2.45, 2.75) is 6.92 Å². The van der Waals surface area contributed by atoms with E-state index in [1.165, 1.54) is 37.1 Å². The smallest absolute Gasteiger partial charge is 0.218 e. The largest absolute Gasteiger partial charge is 0.497 e. The van der Waals surface area contributed by atoms with Crippen molar-refractivity contribution in [2.75, 3.05) is 14.2 Å². The van der Waals surface area contributed by atoms with Crippen molar-refractivity contribution < 1.29 is 13.9 Å². The van der Waals surface area contributed by atoms with Crippen molar-refractivity contribution in [1.82, 2.24) is 9.78 Å². The number of nitrogens with zero attached hydrogens (tertiary/aromatic N) is 2. The number of aromatic nitrogens is 2. The summed E-state index contributed by atoms with van der Waals surface area (Å²) in [6.45, 7) is 1.63. The molecule has 0 aliphatic rings. The quantitative estimate of drug-likeness (QED) is 0.492.